The highest BCUT2D eigenvalue weighted by Gasteiger charge is 2.15. The van der Waals surface area contributed by atoms with Crippen molar-refractivity contribution in [2.75, 3.05) is 5.32 Å². The number of nitrogens with two attached hydrogens (primary N) is 1. The number of halogens is 2. The maximum absolute atomic E-state index is 13.5. The van der Waals surface area contributed by atoms with Gasteiger partial charge in [0.1, 0.15) is 0 Å². The van der Waals surface area contributed by atoms with E-state index in [4.69, 9.17) is 22.5 Å². The lowest BCUT2D eigenvalue weighted by Crippen LogP contribution is -2.20. The van der Waals surface area contributed by atoms with Gasteiger partial charge < -0.3 is 16.3 Å². The summed E-state index contributed by atoms with van der Waals surface area (Å²) in [6, 6.07) is 5.62. The van der Waals surface area contributed by atoms with Gasteiger partial charge in [0.2, 0.25) is 0 Å². The summed E-state index contributed by atoms with van der Waals surface area (Å²) in [5, 5.41) is 14.4. The van der Waals surface area contributed by atoms with Gasteiger partial charge in [0.15, 0.2) is 11.7 Å². The first-order valence-corrected chi connectivity index (χ1v) is 6.09. The molecule has 0 fully saturated rings. The van der Waals surface area contributed by atoms with Crippen LogP contribution in [-0.2, 0) is 0 Å². The lowest BCUT2D eigenvalue weighted by Gasteiger charge is -2.11. The molecule has 1 aromatic heterocycles. The van der Waals surface area contributed by atoms with E-state index in [0.29, 0.717) is 5.02 Å². The first-order valence-electron chi connectivity index (χ1n) is 5.71. The molecule has 0 radical (unpaired) electrons. The number of carbonyl (C=O) groups is 1. The Balaban J connectivity index is 2.37. The number of hydrogen-bond donors (Lipinski definition) is 3. The summed E-state index contributed by atoms with van der Waals surface area (Å²) in [6.07, 6.45) is 2.22. The van der Waals surface area contributed by atoms with Gasteiger partial charge in [0.05, 0.1) is 17.4 Å². The van der Waals surface area contributed by atoms with Crippen molar-refractivity contribution >= 4 is 29.0 Å². The highest BCUT2D eigenvalue weighted by molar-refractivity contribution is 6.31. The molecule has 0 saturated heterocycles. The zero-order valence-electron chi connectivity index (χ0n) is 10.5. The second-order valence-electron chi connectivity index (χ2n) is 3.98. The molecule has 8 heteroatoms. The van der Waals surface area contributed by atoms with Gasteiger partial charge in [-0.15, -0.1) is 0 Å². The Kier molecular flexibility index (Phi) is 4.34. The highest BCUT2D eigenvalue weighted by atomic mass is 35.5. The number of anilines is 1. The Morgan fingerprint density at radius 1 is 1.38 bits per heavy atom. The number of amidine groups is 1. The van der Waals surface area contributed by atoms with Crippen LogP contribution >= 0.6 is 11.6 Å². The van der Waals surface area contributed by atoms with Crippen LogP contribution in [0.15, 0.2) is 41.8 Å². The molecule has 0 atom stereocenters. The molecule has 1 heterocycles. The van der Waals surface area contributed by atoms with Crippen molar-refractivity contribution in [2.24, 2.45) is 10.9 Å². The highest BCUT2D eigenvalue weighted by Crippen LogP contribution is 2.22. The second-order valence-corrected chi connectivity index (χ2v) is 4.42. The minimum atomic E-state index is -0.762. The van der Waals surface area contributed by atoms with E-state index >= 15 is 0 Å². The van der Waals surface area contributed by atoms with Crippen LogP contribution in [-0.4, -0.2) is 21.9 Å². The maximum Gasteiger partial charge on any atom is 0.258 e. The lowest BCUT2D eigenvalue weighted by molar-refractivity contribution is 0.102. The van der Waals surface area contributed by atoms with E-state index in [1.807, 2.05) is 0 Å². The van der Waals surface area contributed by atoms with E-state index in [-0.39, 0.29) is 22.6 Å². The number of amides is 1. The maximum atomic E-state index is 13.5. The van der Waals surface area contributed by atoms with Crippen LogP contribution < -0.4 is 11.1 Å². The Hall–Kier alpha value is -2.67. The minimum absolute atomic E-state index is 0.185. The van der Waals surface area contributed by atoms with Crippen molar-refractivity contribution < 1.29 is 14.4 Å². The molecule has 108 valence electrons. The number of hydrogen-bond acceptors (Lipinski definition) is 4. The predicted molar refractivity (Wildman–Crippen MR) is 76.1 cm³/mol. The van der Waals surface area contributed by atoms with Crippen LogP contribution in [0.3, 0.4) is 0 Å². The first-order chi connectivity index (χ1) is 10.0. The standard InChI is InChI=1S/C13H10ClFN4O2/c14-7-1-2-9(12(16)19-21)11(5-7)18-13(20)8-3-4-17-6-10(8)15/h1-6,21H,(H2,16,19)(H,18,20). The van der Waals surface area contributed by atoms with Gasteiger partial charge in [-0.1, -0.05) is 16.8 Å². The molecule has 1 aromatic carbocycles. The Morgan fingerprint density at radius 2 is 2.14 bits per heavy atom. The quantitative estimate of drug-likeness (QED) is 0.350. The molecule has 21 heavy (non-hydrogen) atoms. The van der Waals surface area contributed by atoms with Gasteiger partial charge in [-0.25, -0.2) is 4.39 Å². The molecule has 0 aliphatic rings. The third-order valence-corrected chi connectivity index (χ3v) is 2.87. The summed E-state index contributed by atoms with van der Waals surface area (Å²) in [5.41, 5.74) is 5.77. The molecule has 0 spiro atoms. The van der Waals surface area contributed by atoms with E-state index in [1.54, 1.807) is 0 Å². The largest absolute Gasteiger partial charge is 0.409 e. The van der Waals surface area contributed by atoms with Crippen LogP contribution in [0.2, 0.25) is 5.02 Å². The molecule has 4 N–H and O–H groups in total. The summed E-state index contributed by atoms with van der Waals surface area (Å²) in [6.45, 7) is 0. The number of carbonyl (C=O) groups excluding carboxylic acids is 1. The fraction of sp³-hybridized carbons (Fsp3) is 0. The molecule has 0 aliphatic heterocycles. The Bertz CT molecular complexity index is 721. The molecule has 6 nitrogen and oxygen atoms in total. The summed E-state index contributed by atoms with van der Waals surface area (Å²) in [5.74, 6) is -1.68. The van der Waals surface area contributed by atoms with Gasteiger partial charge in [-0.05, 0) is 24.3 Å². The fourth-order valence-electron chi connectivity index (χ4n) is 1.65. The molecule has 0 aliphatic carbocycles. The Labute approximate surface area is 124 Å². The van der Waals surface area contributed by atoms with E-state index in [2.05, 4.69) is 15.5 Å². The predicted octanol–water partition coefficient (Wildman–Crippen LogP) is 2.22. The van der Waals surface area contributed by atoms with Gasteiger partial charge in [-0.2, -0.15) is 0 Å². The van der Waals surface area contributed by atoms with Gasteiger partial charge >= 0.3 is 0 Å². The van der Waals surface area contributed by atoms with E-state index in [1.165, 1.54) is 30.5 Å². The summed E-state index contributed by atoms with van der Waals surface area (Å²) in [4.78, 5) is 15.6. The summed E-state index contributed by atoms with van der Waals surface area (Å²) in [7, 11) is 0. The van der Waals surface area contributed by atoms with Crippen molar-refractivity contribution in [1.82, 2.24) is 4.98 Å². The Morgan fingerprint density at radius 3 is 2.81 bits per heavy atom. The fourth-order valence-corrected chi connectivity index (χ4v) is 1.82. The molecule has 1 amide bonds. The van der Waals surface area contributed by atoms with Crippen molar-refractivity contribution in [3.63, 3.8) is 0 Å². The van der Waals surface area contributed by atoms with Crippen LogP contribution in [0.25, 0.3) is 0 Å². The van der Waals surface area contributed by atoms with Crippen LogP contribution in [0.1, 0.15) is 15.9 Å². The monoisotopic (exact) mass is 308 g/mol. The van der Waals surface area contributed by atoms with Crippen molar-refractivity contribution in [2.45, 2.75) is 0 Å². The number of aromatic nitrogens is 1. The van der Waals surface area contributed by atoms with E-state index < -0.39 is 11.7 Å². The normalized spacial score (nSPS) is 11.2. The van der Waals surface area contributed by atoms with Gasteiger partial charge in [0.25, 0.3) is 5.91 Å². The smallest absolute Gasteiger partial charge is 0.258 e. The number of pyridine rings is 1. The number of oxime groups is 1. The van der Waals surface area contributed by atoms with E-state index in [9.17, 15) is 9.18 Å². The van der Waals surface area contributed by atoms with Gasteiger partial charge in [0, 0.05) is 16.8 Å². The SMILES string of the molecule is NC(=NO)c1ccc(Cl)cc1NC(=O)c1ccncc1F. The number of benzene rings is 1. The first kappa shape index (κ1) is 14.7. The average molecular weight is 309 g/mol. The third kappa shape index (κ3) is 3.26. The topological polar surface area (TPSA) is 101 Å². The average Bonchev–Trinajstić information content (AvgIpc) is 2.47. The minimum Gasteiger partial charge on any atom is -0.409 e. The zero-order valence-corrected chi connectivity index (χ0v) is 11.3. The van der Waals surface area contributed by atoms with Crippen LogP contribution in [0, 0.1) is 5.82 Å². The molecule has 0 unspecified atom stereocenters. The van der Waals surface area contributed by atoms with Crippen molar-refractivity contribution in [3.05, 3.63) is 58.6 Å². The second kappa shape index (κ2) is 6.19. The van der Waals surface area contributed by atoms with Crippen molar-refractivity contribution in [3.8, 4) is 0 Å². The zero-order chi connectivity index (χ0) is 15.4. The van der Waals surface area contributed by atoms with E-state index in [0.717, 1.165) is 6.20 Å². The summed E-state index contributed by atoms with van der Waals surface area (Å²) >= 11 is 5.85. The molecule has 2 rings (SSSR count). The summed E-state index contributed by atoms with van der Waals surface area (Å²) < 4.78 is 13.5. The third-order valence-electron chi connectivity index (χ3n) is 2.63. The molecule has 0 bridgehead atoms. The molecular weight excluding hydrogens is 299 g/mol. The lowest BCUT2D eigenvalue weighted by atomic mass is 10.1. The van der Waals surface area contributed by atoms with Crippen molar-refractivity contribution in [1.29, 1.82) is 0 Å². The number of nitrogens with zero attached hydrogens (tertiary/aromatic N) is 2. The van der Waals surface area contributed by atoms with Crippen LogP contribution in [0.4, 0.5) is 10.1 Å². The number of rotatable bonds is 3. The molecular formula is C13H10ClFN4O2. The van der Waals surface area contributed by atoms with Gasteiger partial charge in [-0.3, -0.25) is 9.78 Å². The number of nitrogens with one attached hydrogen (secondary N) is 1. The van der Waals surface area contributed by atoms with Crippen LogP contribution in [0.5, 0.6) is 0 Å². The molecule has 0 saturated carbocycles. The molecule has 2 aromatic rings.